The maximum absolute atomic E-state index is 11.7. The molecule has 0 radical (unpaired) electrons. The topological polar surface area (TPSA) is 136 Å². The molecule has 0 aromatic heterocycles. The molecule has 2 amide bonds. The lowest BCUT2D eigenvalue weighted by Gasteiger charge is -2.21. The lowest BCUT2D eigenvalue weighted by Crippen LogP contribution is -2.50. The van der Waals surface area contributed by atoms with Crippen molar-refractivity contribution in [1.29, 1.82) is 0 Å². The van der Waals surface area contributed by atoms with E-state index >= 15 is 0 Å². The Labute approximate surface area is 213 Å². The van der Waals surface area contributed by atoms with Gasteiger partial charge in [-0.05, 0) is 48.6 Å². The van der Waals surface area contributed by atoms with E-state index in [-0.39, 0.29) is 34.5 Å². The van der Waals surface area contributed by atoms with E-state index in [9.17, 15) is 24.3 Å². The van der Waals surface area contributed by atoms with Gasteiger partial charge in [-0.25, -0.2) is 4.79 Å². The predicted octanol–water partition coefficient (Wildman–Crippen LogP) is 2.06. The van der Waals surface area contributed by atoms with Crippen molar-refractivity contribution < 1.29 is 29.4 Å². The monoisotopic (exact) mass is 522 g/mol. The number of nitrogens with one attached hydrogen (secondary N) is 2. The molecule has 5 atom stereocenters. The highest BCUT2D eigenvalue weighted by molar-refractivity contribution is 7.98. The molecule has 8 nitrogen and oxygen atoms in total. The smallest absolute Gasteiger partial charge is 0.326 e. The molecular weight excluding hydrogens is 476 g/mol. The van der Waals surface area contributed by atoms with Crippen molar-refractivity contribution in [3.05, 3.63) is 0 Å². The molecule has 3 N–H and O–H groups in total. The number of carboxylic acids is 2. The van der Waals surface area contributed by atoms with E-state index in [1.165, 1.54) is 6.42 Å². The average Bonchev–Trinajstić information content (AvgIpc) is 2.81. The van der Waals surface area contributed by atoms with Crippen LogP contribution in [0.5, 0.6) is 0 Å². The van der Waals surface area contributed by atoms with Crippen LogP contribution in [0.2, 0.25) is 0 Å². The Morgan fingerprint density at radius 3 is 1.79 bits per heavy atom. The normalized spacial score (nSPS) is 15.0. The van der Waals surface area contributed by atoms with Crippen LogP contribution in [0, 0.1) is 11.8 Å². The minimum absolute atomic E-state index is 0.124. The summed E-state index contributed by atoms with van der Waals surface area (Å²) < 4.78 is 0. The predicted molar refractivity (Wildman–Crippen MR) is 141 cm³/mol. The number of thioether (sulfide) groups is 1. The van der Waals surface area contributed by atoms with Gasteiger partial charge in [0.2, 0.25) is 11.8 Å². The fourth-order valence-corrected chi connectivity index (χ4v) is 4.65. The molecule has 0 aliphatic carbocycles. The number of carbonyl (C=O) groups is 4. The highest BCUT2D eigenvalue weighted by Crippen LogP contribution is 2.06. The molecule has 0 aliphatic rings. The van der Waals surface area contributed by atoms with E-state index in [0.717, 1.165) is 30.1 Å². The number of hydrogen-bond acceptors (Lipinski definition) is 6. The third kappa shape index (κ3) is 17.1. The summed E-state index contributed by atoms with van der Waals surface area (Å²) in [6.45, 7) is 9.55. The van der Waals surface area contributed by atoms with E-state index in [0.29, 0.717) is 19.3 Å². The Kier molecular flexibility index (Phi) is 21.4. The van der Waals surface area contributed by atoms with Gasteiger partial charge in [-0.2, -0.15) is 11.8 Å². The lowest BCUT2D eigenvalue weighted by molar-refractivity contribution is -0.308. The Hall–Kier alpha value is -1.42. The van der Waals surface area contributed by atoms with Gasteiger partial charge in [0.25, 0.3) is 0 Å². The Morgan fingerprint density at radius 1 is 0.912 bits per heavy atom. The molecule has 10 heteroatoms. The van der Waals surface area contributed by atoms with Crippen LogP contribution in [0.25, 0.3) is 0 Å². The van der Waals surface area contributed by atoms with Gasteiger partial charge in [0.15, 0.2) is 0 Å². The van der Waals surface area contributed by atoms with Gasteiger partial charge in [0.1, 0.15) is 17.5 Å². The molecule has 0 aliphatic heterocycles. The van der Waals surface area contributed by atoms with Crippen molar-refractivity contribution in [3.8, 4) is 0 Å². The largest absolute Gasteiger partial charge is 0.548 e. The zero-order chi connectivity index (χ0) is 26.7. The van der Waals surface area contributed by atoms with Gasteiger partial charge < -0.3 is 25.6 Å². The summed E-state index contributed by atoms with van der Waals surface area (Å²) in [5.74, 6) is -0.0766. The summed E-state index contributed by atoms with van der Waals surface area (Å²) in [6.07, 6.45) is 8.77. The van der Waals surface area contributed by atoms with Crippen LogP contribution in [0.1, 0.15) is 73.1 Å². The second-order valence-electron chi connectivity index (χ2n) is 8.51. The number of carbonyl (C=O) groups excluding carboxylic acids is 3. The van der Waals surface area contributed by atoms with Gasteiger partial charge in [-0.1, -0.05) is 41.0 Å². The first kappa shape index (κ1) is 34.7. The highest BCUT2D eigenvalue weighted by atomic mass is 32.2. The van der Waals surface area contributed by atoms with Crippen molar-refractivity contribution in [1.82, 2.24) is 10.6 Å². The SMILES string of the molecule is CCC(C)C(=O)N[C@H](CCSC)C(=O)O.CCCC[S+](C)CC[C@@H](NC(=O)C(C)CC)C(=O)[O-]. The molecule has 0 spiro atoms. The summed E-state index contributed by atoms with van der Waals surface area (Å²) in [7, 11) is 0.223. The zero-order valence-electron chi connectivity index (χ0n) is 22.0. The Morgan fingerprint density at radius 2 is 1.41 bits per heavy atom. The van der Waals surface area contributed by atoms with E-state index in [1.54, 1.807) is 25.6 Å². The lowest BCUT2D eigenvalue weighted by atomic mass is 10.1. The van der Waals surface area contributed by atoms with Crippen LogP contribution < -0.4 is 15.7 Å². The third-order valence-electron chi connectivity index (χ3n) is 5.55. The summed E-state index contributed by atoms with van der Waals surface area (Å²) in [5, 5.41) is 25.1. The molecule has 0 saturated carbocycles. The van der Waals surface area contributed by atoms with Crippen LogP contribution in [0.15, 0.2) is 0 Å². The van der Waals surface area contributed by atoms with Crippen molar-refractivity contribution in [3.63, 3.8) is 0 Å². The first-order valence-electron chi connectivity index (χ1n) is 12.1. The molecule has 0 rings (SSSR count). The van der Waals surface area contributed by atoms with Crippen molar-refractivity contribution in [2.24, 2.45) is 11.8 Å². The van der Waals surface area contributed by atoms with Crippen LogP contribution in [-0.4, -0.2) is 70.7 Å². The first-order valence-corrected chi connectivity index (χ1v) is 15.4. The molecule has 34 heavy (non-hydrogen) atoms. The number of amides is 2. The van der Waals surface area contributed by atoms with E-state index in [1.807, 2.05) is 20.1 Å². The van der Waals surface area contributed by atoms with Crippen LogP contribution in [0.3, 0.4) is 0 Å². The van der Waals surface area contributed by atoms with Crippen molar-refractivity contribution >= 4 is 46.4 Å². The summed E-state index contributed by atoms with van der Waals surface area (Å²) in [4.78, 5) is 45.1. The van der Waals surface area contributed by atoms with Crippen molar-refractivity contribution in [2.75, 3.05) is 29.8 Å². The van der Waals surface area contributed by atoms with Gasteiger partial charge in [-0.15, -0.1) is 0 Å². The second-order valence-corrected chi connectivity index (χ2v) is 11.9. The molecule has 3 unspecified atom stereocenters. The Bertz CT molecular complexity index is 606. The summed E-state index contributed by atoms with van der Waals surface area (Å²) >= 11 is 1.57. The molecule has 0 bridgehead atoms. The van der Waals surface area contributed by atoms with Crippen molar-refractivity contribution in [2.45, 2.75) is 85.2 Å². The molecule has 0 heterocycles. The van der Waals surface area contributed by atoms with Gasteiger partial charge in [0.05, 0.1) is 18.3 Å². The highest BCUT2D eigenvalue weighted by Gasteiger charge is 2.22. The minimum Gasteiger partial charge on any atom is -0.548 e. The summed E-state index contributed by atoms with van der Waals surface area (Å²) in [5.41, 5.74) is 0. The molecule has 0 fully saturated rings. The quantitative estimate of drug-likeness (QED) is 0.249. The van der Waals surface area contributed by atoms with Crippen LogP contribution in [0.4, 0.5) is 0 Å². The standard InChI is InChI=1S/C14H27NO3S.C10H19NO3S/c1-5-7-9-19(4)10-8-12(14(17)18)15-13(16)11(3)6-2;1-4-7(2)9(12)11-8(10(13)14)5-6-15-3/h11-12H,5-10H2,1-4H3,(H-,15,16,17,18);7-8H,4-6H2,1-3H3,(H,11,12)(H,13,14)/t11?,12-,19?;7?,8-/m11/s1. The van der Waals surface area contributed by atoms with Crippen LogP contribution >= 0.6 is 11.8 Å². The molecule has 0 saturated heterocycles. The number of carboxylic acid groups (broad SMARTS) is 2. The number of aliphatic carboxylic acids is 2. The van der Waals surface area contributed by atoms with E-state index < -0.39 is 24.0 Å². The maximum Gasteiger partial charge on any atom is 0.326 e. The second kappa shape index (κ2) is 20.9. The minimum atomic E-state index is -1.18. The van der Waals surface area contributed by atoms with Gasteiger partial charge >= 0.3 is 5.97 Å². The van der Waals surface area contributed by atoms with Gasteiger partial charge in [0, 0.05) is 18.3 Å². The van der Waals surface area contributed by atoms with Gasteiger partial charge in [-0.3, -0.25) is 9.59 Å². The number of hydrogen-bond donors (Lipinski definition) is 3. The summed E-state index contributed by atoms with van der Waals surface area (Å²) in [6, 6.07) is -1.60. The number of rotatable bonds is 17. The average molecular weight is 523 g/mol. The fourth-order valence-electron chi connectivity index (χ4n) is 2.55. The zero-order valence-corrected chi connectivity index (χ0v) is 23.6. The molecule has 200 valence electrons. The van der Waals surface area contributed by atoms with E-state index in [4.69, 9.17) is 5.11 Å². The number of unbranched alkanes of at least 4 members (excludes halogenated alkanes) is 1. The third-order valence-corrected chi connectivity index (χ3v) is 8.11. The molecule has 0 aromatic carbocycles. The van der Waals surface area contributed by atoms with Crippen LogP contribution in [-0.2, 0) is 30.1 Å². The molecular formula is C24H46N2O6S2. The van der Waals surface area contributed by atoms with E-state index in [2.05, 4.69) is 23.8 Å². The fraction of sp³-hybridized carbons (Fsp3) is 0.833. The molecule has 0 aromatic rings. The Balaban J connectivity index is 0. The maximum atomic E-state index is 11.7. The first-order chi connectivity index (χ1) is 15.9.